The van der Waals surface area contributed by atoms with Crippen LogP contribution in [-0.2, 0) is 76.0 Å². The van der Waals surface area contributed by atoms with Crippen molar-refractivity contribution in [3.8, 4) is 0 Å². The summed E-state index contributed by atoms with van der Waals surface area (Å²) in [6.07, 6.45) is -31.8. The smallest absolute Gasteiger partial charge is 0.338 e. The zero-order valence-corrected chi connectivity index (χ0v) is 58.7. The number of carboxylic acids is 1. The first-order valence-electron chi connectivity index (χ1n) is 34.8. The quantitative estimate of drug-likeness (QED) is 0.0305. The number of hydrogen-bond donors (Lipinski definition) is 12. The van der Waals surface area contributed by atoms with Crippen LogP contribution in [0.1, 0.15) is 138 Å². The molecule has 10 rings (SSSR count). The first-order valence-corrected chi connectivity index (χ1v) is 34.8. The van der Waals surface area contributed by atoms with E-state index < -0.39 is 242 Å². The average Bonchev–Trinajstić information content (AvgIpc) is 0.669. The van der Waals surface area contributed by atoms with Crippen LogP contribution >= 0.6 is 0 Å². The Morgan fingerprint density at radius 3 is 1.95 bits per heavy atom. The molecule has 0 unspecified atom stereocenters. The van der Waals surface area contributed by atoms with Crippen LogP contribution in [0.2, 0.25) is 0 Å². The number of rotatable bonds is 19. The molecule has 0 aromatic heterocycles. The van der Waals surface area contributed by atoms with E-state index in [0.29, 0.717) is 32.1 Å². The normalized spacial score (nSPS) is 45.2. The summed E-state index contributed by atoms with van der Waals surface area (Å²) in [6, 6.07) is 8.17. The van der Waals surface area contributed by atoms with E-state index in [1.165, 1.54) is 33.8 Å². The molecular weight excluding hydrogens is 1320 g/mol. The maximum atomic E-state index is 14.1. The lowest BCUT2D eigenvalue weighted by molar-refractivity contribution is -0.392. The minimum Gasteiger partial charge on any atom is -0.479 e. The fourth-order valence-corrected chi connectivity index (χ4v) is 18.6. The van der Waals surface area contributed by atoms with Crippen LogP contribution in [0.15, 0.2) is 53.6 Å². The highest BCUT2D eigenvalue weighted by Gasteiger charge is 2.74. The number of esters is 4. The van der Waals surface area contributed by atoms with E-state index in [0.717, 1.165) is 5.57 Å². The van der Waals surface area contributed by atoms with Gasteiger partial charge in [-0.3, -0.25) is 9.59 Å². The number of carbonyl (C=O) groups is 5. The number of hydrogen-bond acceptors (Lipinski definition) is 28. The number of allylic oxidation sites excluding steroid dienone is 3. The molecule has 4 heterocycles. The lowest BCUT2D eigenvalue weighted by atomic mass is 9.33. The summed E-state index contributed by atoms with van der Waals surface area (Å²) >= 11 is 0. The molecule has 5 aliphatic carbocycles. The lowest BCUT2D eigenvalue weighted by Gasteiger charge is -2.72. The lowest BCUT2D eigenvalue weighted by Crippen LogP contribution is -2.73. The van der Waals surface area contributed by atoms with Crippen molar-refractivity contribution in [2.24, 2.45) is 56.2 Å². The molecule has 0 amide bonds. The standard InChI is InChI=1S/C71H104O29/c1-13-31(2)59(86)93-40-29-90-63(51(83)52(40)96-60(87)32(3)33(4)91-61(88)35-17-15-14-16-18-35)100-56-57(92-34(5)74)71(30-73)37(25-66(56,6)7)36-19-20-42-68(10)23-22-44(67(8,9)41(68)21-24-69(42,11)70(36,12)26-43(71)76)95-65-55(99-64-49(81)47(79)46(78)39(27-72)94-64)53(50(82)54(98-65)58(84)85)97-62-48(80)45(77)38(75)28-89-62/h13-19,32-33,37-57,62-65,72-73,75-83H,20-30H2,1-12H3,(H,84,85)/t32-,33+,37+,38-,39-,40+,41+,42-,43-,44+,45+,46+,47+,48-,49-,50+,51-,52+,53+,54+,55-,56+,57+,62+,63+,64+,65-,68+,69-,70-,71+/m1/s1. The van der Waals surface area contributed by atoms with Gasteiger partial charge in [-0.25, -0.2) is 14.4 Å². The summed E-state index contributed by atoms with van der Waals surface area (Å²) in [4.78, 5) is 67.0. The fourth-order valence-electron chi connectivity index (χ4n) is 18.6. The molecule has 4 saturated carbocycles. The topological polar surface area (TPSA) is 439 Å². The fraction of sp³-hybridized carbons (Fsp3) is 0.789. The van der Waals surface area contributed by atoms with Gasteiger partial charge in [0.25, 0.3) is 0 Å². The van der Waals surface area contributed by atoms with Gasteiger partial charge in [-0.15, -0.1) is 0 Å². The van der Waals surface area contributed by atoms with Crippen LogP contribution in [0.4, 0.5) is 0 Å². The van der Waals surface area contributed by atoms with Crippen molar-refractivity contribution >= 4 is 29.8 Å². The number of ether oxygens (including phenoxy) is 12. The first-order chi connectivity index (χ1) is 46.9. The second kappa shape index (κ2) is 29.7. The highest BCUT2D eigenvalue weighted by atomic mass is 16.8. The summed E-state index contributed by atoms with van der Waals surface area (Å²) in [5.41, 5.74) is -3.80. The second-order valence-corrected chi connectivity index (χ2v) is 31.3. The van der Waals surface area contributed by atoms with Crippen molar-refractivity contribution in [2.45, 2.75) is 269 Å². The Kier molecular flexibility index (Phi) is 23.1. The summed E-state index contributed by atoms with van der Waals surface area (Å²) in [5, 5.41) is 135. The van der Waals surface area contributed by atoms with E-state index in [1.54, 1.807) is 37.3 Å². The van der Waals surface area contributed by atoms with Gasteiger partial charge in [0, 0.05) is 12.5 Å². The Hall–Kier alpha value is -4.71. The molecule has 100 heavy (non-hydrogen) atoms. The van der Waals surface area contributed by atoms with Gasteiger partial charge >= 0.3 is 29.8 Å². The molecule has 1 aromatic carbocycles. The van der Waals surface area contributed by atoms with Crippen molar-refractivity contribution in [1.82, 2.24) is 0 Å². The maximum Gasteiger partial charge on any atom is 0.338 e. The highest BCUT2D eigenvalue weighted by Crippen LogP contribution is 2.76. The minimum atomic E-state index is -2.15. The second-order valence-electron chi connectivity index (χ2n) is 31.3. The molecule has 4 aliphatic heterocycles. The van der Waals surface area contributed by atoms with Crippen LogP contribution in [0.3, 0.4) is 0 Å². The van der Waals surface area contributed by atoms with E-state index in [-0.39, 0.29) is 35.8 Å². The van der Waals surface area contributed by atoms with Crippen LogP contribution < -0.4 is 0 Å². The number of aliphatic hydroxyl groups is 11. The van der Waals surface area contributed by atoms with Crippen LogP contribution in [0.25, 0.3) is 0 Å². The van der Waals surface area contributed by atoms with Crippen LogP contribution in [-0.4, -0.2) is 259 Å². The maximum absolute atomic E-state index is 14.1. The monoisotopic (exact) mass is 1420 g/mol. The Bertz CT molecular complexity index is 3160. The Labute approximate surface area is 580 Å². The SMILES string of the molecule is CC=C(C)C(=O)O[C@H]1CO[C@@H](O[C@H]2[C@H](OC(C)=O)[C@]3(CO)[C@H](O)C[C@]4(C)C(=CC[C@@H]5[C@@]6(C)CC[C@H](O[C@@H]7O[C@H](C(=O)O)[C@@H](O)[C@H](O[C@@H]8OC[C@@H](O)[C@H](O)[C@H]8O)[C@H]7O[C@@H]7O[C@H](CO)[C@H](O)[C@H](O)[C@H]7O)C(C)(C)[C@@H]6CC[C@]54C)[C@@H]3CC2(C)C)[C@H](O)[C@H]1OC(=O)[C@H](C)[C@H](C)OC(=O)c1ccccc1. The average molecular weight is 1420 g/mol. The molecular formula is C71H104O29. The zero-order valence-electron chi connectivity index (χ0n) is 58.7. The summed E-state index contributed by atoms with van der Waals surface area (Å²) in [5.74, 6) is -6.76. The van der Waals surface area contributed by atoms with Gasteiger partial charge < -0.3 is 118 Å². The highest BCUT2D eigenvalue weighted by molar-refractivity contribution is 5.90. The number of aliphatic hydroxyl groups excluding tert-OH is 11. The van der Waals surface area contributed by atoms with Crippen molar-refractivity contribution in [3.63, 3.8) is 0 Å². The molecule has 31 atom stereocenters. The number of aliphatic carboxylic acids is 1. The Morgan fingerprint density at radius 1 is 0.660 bits per heavy atom. The third-order valence-electron chi connectivity index (χ3n) is 24.9. The first kappa shape index (κ1) is 77.9. The molecule has 12 N–H and O–H groups in total. The van der Waals surface area contributed by atoms with Crippen LogP contribution in [0.5, 0.6) is 0 Å². The van der Waals surface area contributed by atoms with Gasteiger partial charge in [-0.2, -0.15) is 0 Å². The molecule has 9 aliphatic rings. The third-order valence-corrected chi connectivity index (χ3v) is 24.9. The third kappa shape index (κ3) is 13.8. The van der Waals surface area contributed by atoms with Gasteiger partial charge in [-0.1, -0.05) is 84.4 Å². The van der Waals surface area contributed by atoms with Crippen molar-refractivity contribution < 1.29 is 142 Å². The Balaban J connectivity index is 0.918. The molecule has 1 aromatic rings. The number of benzene rings is 1. The number of carbonyl (C=O) groups excluding carboxylic acids is 4. The molecule has 8 fully saturated rings. The van der Waals surface area contributed by atoms with E-state index >= 15 is 0 Å². The summed E-state index contributed by atoms with van der Waals surface area (Å²) in [7, 11) is 0. The molecule has 0 bridgehead atoms. The van der Waals surface area contributed by atoms with Gasteiger partial charge in [0.1, 0.15) is 85.5 Å². The Morgan fingerprint density at radius 2 is 1.31 bits per heavy atom. The van der Waals surface area contributed by atoms with E-state index in [1.807, 2.05) is 27.7 Å². The largest absolute Gasteiger partial charge is 0.479 e. The summed E-state index contributed by atoms with van der Waals surface area (Å²) in [6.45, 7) is 19.3. The van der Waals surface area contributed by atoms with E-state index in [2.05, 4.69) is 26.8 Å². The molecule has 562 valence electrons. The van der Waals surface area contributed by atoms with Gasteiger partial charge in [0.15, 0.2) is 43.5 Å². The molecule has 0 spiro atoms. The summed E-state index contributed by atoms with van der Waals surface area (Å²) < 4.78 is 73.4. The molecule has 29 nitrogen and oxygen atoms in total. The van der Waals surface area contributed by atoms with Crippen molar-refractivity contribution in [3.05, 3.63) is 59.2 Å². The molecule has 29 heteroatoms. The van der Waals surface area contributed by atoms with Gasteiger partial charge in [0.2, 0.25) is 0 Å². The van der Waals surface area contributed by atoms with Crippen LogP contribution in [0, 0.1) is 56.2 Å². The van der Waals surface area contributed by atoms with E-state index in [9.17, 15) is 85.3 Å². The molecule has 0 radical (unpaired) electrons. The molecule has 4 saturated heterocycles. The number of fused-ring (bicyclic) bond motifs is 7. The number of carboxylic acid groups (broad SMARTS) is 1. The van der Waals surface area contributed by atoms with Crippen molar-refractivity contribution in [2.75, 3.05) is 26.4 Å². The van der Waals surface area contributed by atoms with Gasteiger partial charge in [0.05, 0.1) is 55.5 Å². The van der Waals surface area contributed by atoms with Gasteiger partial charge in [-0.05, 0) is 130 Å². The van der Waals surface area contributed by atoms with E-state index in [4.69, 9.17) is 56.8 Å². The predicted molar refractivity (Wildman–Crippen MR) is 343 cm³/mol. The minimum absolute atomic E-state index is 0.0701. The predicted octanol–water partition coefficient (Wildman–Crippen LogP) is 1.24. The van der Waals surface area contributed by atoms with Crippen molar-refractivity contribution in [1.29, 1.82) is 0 Å². The zero-order chi connectivity index (χ0) is 73.4.